The molecule has 2 unspecified atom stereocenters. The summed E-state index contributed by atoms with van der Waals surface area (Å²) < 4.78 is 10.7. The first kappa shape index (κ1) is 23.2. The standard InChI is InChI=1S/C27H27N3O4/c1-18-16-33-17-19(2)30(18)26-14-8-20(15-29-26)7-13-24(31)22-11-9-21(10-12-22)23-5-3-4-6-25(23)34-27(28)32/h3-15,18-19H,16-17H2,1-2H3,(H2,28,32). The van der Waals surface area contributed by atoms with Crippen molar-refractivity contribution in [3.8, 4) is 16.9 Å². The lowest BCUT2D eigenvalue weighted by molar-refractivity contribution is 0.0752. The van der Waals surface area contributed by atoms with Gasteiger partial charge in [-0.3, -0.25) is 4.79 Å². The number of para-hydroxylation sites is 1. The molecule has 1 aromatic heterocycles. The molecule has 0 bridgehead atoms. The normalized spacial score (nSPS) is 18.1. The summed E-state index contributed by atoms with van der Waals surface area (Å²) in [4.78, 5) is 30.7. The second-order valence-corrected chi connectivity index (χ2v) is 8.28. The van der Waals surface area contributed by atoms with Crippen LogP contribution >= 0.6 is 0 Å². The van der Waals surface area contributed by atoms with Gasteiger partial charge in [0.2, 0.25) is 0 Å². The molecular weight excluding hydrogens is 430 g/mol. The second-order valence-electron chi connectivity index (χ2n) is 8.28. The maximum absolute atomic E-state index is 12.7. The molecule has 2 aromatic carbocycles. The zero-order chi connectivity index (χ0) is 24.1. The SMILES string of the molecule is CC1COCC(C)N1c1ccc(C=CC(=O)c2ccc(-c3ccccc3OC(N)=O)cc2)cn1. The van der Waals surface area contributed by atoms with Crippen molar-refractivity contribution in [2.24, 2.45) is 5.73 Å². The topological polar surface area (TPSA) is 94.7 Å². The van der Waals surface area contributed by atoms with Crippen molar-refractivity contribution in [2.75, 3.05) is 18.1 Å². The second kappa shape index (κ2) is 10.3. The number of morpholine rings is 1. The van der Waals surface area contributed by atoms with E-state index in [0.29, 0.717) is 30.1 Å². The molecule has 2 atom stereocenters. The highest BCUT2D eigenvalue weighted by Crippen LogP contribution is 2.30. The molecule has 1 amide bonds. The van der Waals surface area contributed by atoms with Gasteiger partial charge in [0.05, 0.1) is 25.3 Å². The van der Waals surface area contributed by atoms with Gasteiger partial charge < -0.3 is 20.1 Å². The maximum atomic E-state index is 12.7. The zero-order valence-corrected chi connectivity index (χ0v) is 19.2. The minimum atomic E-state index is -0.874. The highest BCUT2D eigenvalue weighted by molar-refractivity contribution is 6.07. The molecule has 1 saturated heterocycles. The Morgan fingerprint density at radius 2 is 1.74 bits per heavy atom. The molecule has 0 spiro atoms. The Bertz CT molecular complexity index is 1180. The summed E-state index contributed by atoms with van der Waals surface area (Å²) in [6.45, 7) is 5.62. The highest BCUT2D eigenvalue weighted by atomic mass is 16.5. The Morgan fingerprint density at radius 3 is 2.38 bits per heavy atom. The summed E-state index contributed by atoms with van der Waals surface area (Å²) in [6, 6.07) is 18.6. The third-order valence-corrected chi connectivity index (χ3v) is 5.71. The van der Waals surface area contributed by atoms with Gasteiger partial charge >= 0.3 is 6.09 Å². The van der Waals surface area contributed by atoms with Gasteiger partial charge in [-0.05, 0) is 55.3 Å². The molecule has 3 aromatic rings. The number of allylic oxidation sites excluding steroid dienone is 1. The fourth-order valence-corrected chi connectivity index (χ4v) is 4.09. The monoisotopic (exact) mass is 457 g/mol. The molecule has 2 N–H and O–H groups in total. The van der Waals surface area contributed by atoms with Crippen LogP contribution in [0, 0.1) is 0 Å². The fraction of sp³-hybridized carbons (Fsp3) is 0.222. The summed E-state index contributed by atoms with van der Waals surface area (Å²) in [5.41, 5.74) is 8.07. The summed E-state index contributed by atoms with van der Waals surface area (Å²) in [5.74, 6) is 1.15. The van der Waals surface area contributed by atoms with E-state index in [2.05, 4.69) is 23.7 Å². The van der Waals surface area contributed by atoms with Gasteiger partial charge in [0.15, 0.2) is 5.78 Å². The number of amides is 1. The molecule has 7 heteroatoms. The average Bonchev–Trinajstić information content (AvgIpc) is 2.83. The van der Waals surface area contributed by atoms with E-state index in [1.54, 1.807) is 36.5 Å². The molecule has 174 valence electrons. The number of hydrogen-bond donors (Lipinski definition) is 1. The Balaban J connectivity index is 1.44. The lowest BCUT2D eigenvalue weighted by Gasteiger charge is -2.39. The molecule has 1 aliphatic rings. The fourth-order valence-electron chi connectivity index (χ4n) is 4.09. The van der Waals surface area contributed by atoms with Crippen LogP contribution in [-0.2, 0) is 4.74 Å². The number of nitrogens with zero attached hydrogens (tertiary/aromatic N) is 2. The van der Waals surface area contributed by atoms with Gasteiger partial charge in [0.25, 0.3) is 0 Å². The smallest absolute Gasteiger partial charge is 0.409 e. The minimum absolute atomic E-state index is 0.118. The van der Waals surface area contributed by atoms with Crippen molar-refractivity contribution in [1.82, 2.24) is 4.98 Å². The number of aromatic nitrogens is 1. The molecular formula is C27H27N3O4. The van der Waals surface area contributed by atoms with Crippen LogP contribution in [0.5, 0.6) is 5.75 Å². The van der Waals surface area contributed by atoms with Crippen LogP contribution in [0.15, 0.2) is 72.9 Å². The number of hydrogen-bond acceptors (Lipinski definition) is 6. The van der Waals surface area contributed by atoms with Crippen LogP contribution in [0.25, 0.3) is 17.2 Å². The van der Waals surface area contributed by atoms with Gasteiger partial charge in [-0.15, -0.1) is 0 Å². The predicted molar refractivity (Wildman–Crippen MR) is 132 cm³/mol. The number of benzene rings is 2. The van der Waals surface area contributed by atoms with E-state index in [-0.39, 0.29) is 17.9 Å². The number of primary amides is 1. The number of anilines is 1. The zero-order valence-electron chi connectivity index (χ0n) is 19.2. The third-order valence-electron chi connectivity index (χ3n) is 5.71. The van der Waals surface area contributed by atoms with Gasteiger partial charge in [0.1, 0.15) is 11.6 Å². The van der Waals surface area contributed by atoms with E-state index in [1.165, 1.54) is 6.08 Å². The lowest BCUT2D eigenvalue weighted by atomic mass is 10.0. The quantitative estimate of drug-likeness (QED) is 0.425. The highest BCUT2D eigenvalue weighted by Gasteiger charge is 2.26. The first-order valence-corrected chi connectivity index (χ1v) is 11.1. The van der Waals surface area contributed by atoms with Gasteiger partial charge in [0, 0.05) is 17.3 Å². The Kier molecular flexibility index (Phi) is 7.04. The van der Waals surface area contributed by atoms with Crippen molar-refractivity contribution in [2.45, 2.75) is 25.9 Å². The molecule has 0 saturated carbocycles. The van der Waals surface area contributed by atoms with Crippen LogP contribution in [0.1, 0.15) is 29.8 Å². The van der Waals surface area contributed by atoms with Crippen LogP contribution in [0.2, 0.25) is 0 Å². The Labute approximate surface area is 198 Å². The first-order chi connectivity index (χ1) is 16.4. The number of ketones is 1. The number of carbonyl (C=O) groups is 2. The maximum Gasteiger partial charge on any atom is 0.409 e. The van der Waals surface area contributed by atoms with Crippen molar-refractivity contribution in [3.63, 3.8) is 0 Å². The molecule has 1 fully saturated rings. The van der Waals surface area contributed by atoms with Crippen LogP contribution < -0.4 is 15.4 Å². The van der Waals surface area contributed by atoms with Gasteiger partial charge in [-0.1, -0.05) is 42.5 Å². The van der Waals surface area contributed by atoms with E-state index >= 15 is 0 Å². The average molecular weight is 458 g/mol. The molecule has 1 aliphatic heterocycles. The Morgan fingerprint density at radius 1 is 1.03 bits per heavy atom. The number of pyridine rings is 1. The minimum Gasteiger partial charge on any atom is -0.410 e. The summed E-state index contributed by atoms with van der Waals surface area (Å²) in [6.07, 6.45) is 4.19. The molecule has 2 heterocycles. The molecule has 0 radical (unpaired) electrons. The number of nitrogens with two attached hydrogens (primary N) is 1. The van der Waals surface area contributed by atoms with E-state index in [4.69, 9.17) is 15.2 Å². The van der Waals surface area contributed by atoms with Gasteiger partial charge in [-0.25, -0.2) is 9.78 Å². The molecule has 4 rings (SSSR count). The van der Waals surface area contributed by atoms with Crippen molar-refractivity contribution < 1.29 is 19.1 Å². The summed E-state index contributed by atoms with van der Waals surface area (Å²) in [5, 5.41) is 0. The third kappa shape index (κ3) is 5.32. The molecule has 7 nitrogen and oxygen atoms in total. The number of rotatable bonds is 6. The molecule has 0 aliphatic carbocycles. The number of carbonyl (C=O) groups excluding carboxylic acids is 2. The van der Waals surface area contributed by atoms with E-state index < -0.39 is 6.09 Å². The largest absolute Gasteiger partial charge is 0.410 e. The van der Waals surface area contributed by atoms with Crippen LogP contribution in [0.4, 0.5) is 10.6 Å². The van der Waals surface area contributed by atoms with Crippen molar-refractivity contribution >= 4 is 23.8 Å². The lowest BCUT2D eigenvalue weighted by Crippen LogP contribution is -2.50. The summed E-state index contributed by atoms with van der Waals surface area (Å²) >= 11 is 0. The van der Waals surface area contributed by atoms with Crippen molar-refractivity contribution in [1.29, 1.82) is 0 Å². The first-order valence-electron chi connectivity index (χ1n) is 11.1. The predicted octanol–water partition coefficient (Wildman–Crippen LogP) is 4.72. The van der Waals surface area contributed by atoms with E-state index in [0.717, 1.165) is 16.9 Å². The van der Waals surface area contributed by atoms with Gasteiger partial charge in [-0.2, -0.15) is 0 Å². The van der Waals surface area contributed by atoms with Crippen molar-refractivity contribution in [3.05, 3.63) is 84.1 Å². The van der Waals surface area contributed by atoms with Crippen LogP contribution in [0.3, 0.4) is 0 Å². The number of ether oxygens (including phenoxy) is 2. The van der Waals surface area contributed by atoms with Crippen LogP contribution in [-0.4, -0.2) is 42.2 Å². The van der Waals surface area contributed by atoms with E-state index in [9.17, 15) is 9.59 Å². The van der Waals surface area contributed by atoms with E-state index in [1.807, 2.05) is 36.4 Å². The summed E-state index contributed by atoms with van der Waals surface area (Å²) in [7, 11) is 0. The Hall–Kier alpha value is -3.97. The molecule has 34 heavy (non-hydrogen) atoms.